The molecule has 2 aromatic rings. The zero-order valence-corrected chi connectivity index (χ0v) is 15.7. The number of aromatic nitrogens is 1. The fourth-order valence-corrected chi connectivity index (χ4v) is 4.61. The highest BCUT2D eigenvalue weighted by Crippen LogP contribution is 2.41. The number of rotatable bonds is 3. The molecule has 27 heavy (non-hydrogen) atoms. The van der Waals surface area contributed by atoms with Crippen LogP contribution in [0.4, 0.5) is 5.69 Å². The Morgan fingerprint density at radius 1 is 1.15 bits per heavy atom. The van der Waals surface area contributed by atoms with Crippen molar-refractivity contribution in [2.24, 2.45) is 5.92 Å². The van der Waals surface area contributed by atoms with Crippen molar-refractivity contribution in [3.63, 3.8) is 0 Å². The number of hydrogen-bond acceptors (Lipinski definition) is 3. The molecule has 6 heteroatoms. The lowest BCUT2D eigenvalue weighted by molar-refractivity contribution is -0.120. The standard InChI is InChI=1S/C21H22ClN3O2/c22-16-7-3-6-15(11-16)21(27)25-18-9-2-1-5-14(18)12-19(25)20(26)24-17-8-4-10-23-13-17/h3-4,6-8,10-11,13-14,18-19H,1-2,5,9,12H2,(H,24,26). The first-order chi connectivity index (χ1) is 13.1. The van der Waals surface area contributed by atoms with Gasteiger partial charge < -0.3 is 10.2 Å². The number of nitrogens with one attached hydrogen (secondary N) is 1. The van der Waals surface area contributed by atoms with E-state index in [0.29, 0.717) is 28.6 Å². The summed E-state index contributed by atoms with van der Waals surface area (Å²) in [5.74, 6) is 0.123. The highest BCUT2D eigenvalue weighted by molar-refractivity contribution is 6.31. The molecule has 3 unspecified atom stereocenters. The van der Waals surface area contributed by atoms with Gasteiger partial charge in [0.15, 0.2) is 0 Å². The van der Waals surface area contributed by atoms with Crippen LogP contribution in [0.25, 0.3) is 0 Å². The molecule has 1 aliphatic heterocycles. The summed E-state index contributed by atoms with van der Waals surface area (Å²) >= 11 is 6.08. The van der Waals surface area contributed by atoms with E-state index in [2.05, 4.69) is 10.3 Å². The fraction of sp³-hybridized carbons (Fsp3) is 0.381. The zero-order valence-electron chi connectivity index (χ0n) is 15.0. The van der Waals surface area contributed by atoms with Crippen molar-refractivity contribution >= 4 is 29.1 Å². The molecule has 0 spiro atoms. The highest BCUT2D eigenvalue weighted by atomic mass is 35.5. The van der Waals surface area contributed by atoms with Crippen LogP contribution in [0.5, 0.6) is 0 Å². The highest BCUT2D eigenvalue weighted by Gasteiger charge is 2.47. The van der Waals surface area contributed by atoms with Gasteiger partial charge in [-0.1, -0.05) is 30.5 Å². The van der Waals surface area contributed by atoms with E-state index in [0.717, 1.165) is 25.7 Å². The molecule has 1 saturated heterocycles. The smallest absolute Gasteiger partial charge is 0.254 e. The minimum Gasteiger partial charge on any atom is -0.323 e. The number of carbonyl (C=O) groups is 2. The third kappa shape index (κ3) is 3.69. The Hall–Kier alpha value is -2.40. The average molecular weight is 384 g/mol. The number of carbonyl (C=O) groups excluding carboxylic acids is 2. The summed E-state index contributed by atoms with van der Waals surface area (Å²) in [4.78, 5) is 32.2. The normalized spacial score (nSPS) is 24.3. The SMILES string of the molecule is O=C(Nc1cccnc1)C1CC2CCCCC2N1C(=O)c1cccc(Cl)c1. The van der Waals surface area contributed by atoms with E-state index < -0.39 is 6.04 Å². The van der Waals surface area contributed by atoms with Crippen molar-refractivity contribution in [1.82, 2.24) is 9.88 Å². The molecule has 0 bridgehead atoms. The topological polar surface area (TPSA) is 62.3 Å². The largest absolute Gasteiger partial charge is 0.323 e. The number of anilines is 1. The molecule has 2 fully saturated rings. The van der Waals surface area contributed by atoms with Gasteiger partial charge in [-0.05, 0) is 55.5 Å². The molecule has 2 heterocycles. The Balaban J connectivity index is 1.62. The number of pyridine rings is 1. The second-order valence-electron chi connectivity index (χ2n) is 7.32. The first-order valence-corrected chi connectivity index (χ1v) is 9.80. The van der Waals surface area contributed by atoms with Crippen molar-refractivity contribution in [3.8, 4) is 0 Å². The minimum atomic E-state index is -0.468. The Bertz CT molecular complexity index is 842. The minimum absolute atomic E-state index is 0.113. The summed E-state index contributed by atoms with van der Waals surface area (Å²) in [6.07, 6.45) is 8.27. The second-order valence-corrected chi connectivity index (χ2v) is 7.75. The molecule has 0 radical (unpaired) electrons. The number of benzene rings is 1. The molecule has 2 aliphatic rings. The van der Waals surface area contributed by atoms with Gasteiger partial charge in [-0.3, -0.25) is 14.6 Å². The van der Waals surface area contributed by atoms with Crippen LogP contribution < -0.4 is 5.32 Å². The molecule has 4 rings (SSSR count). The van der Waals surface area contributed by atoms with Gasteiger partial charge in [-0.2, -0.15) is 0 Å². The van der Waals surface area contributed by atoms with Crippen LogP contribution in [-0.4, -0.2) is 33.8 Å². The van der Waals surface area contributed by atoms with Crippen molar-refractivity contribution in [2.45, 2.75) is 44.2 Å². The van der Waals surface area contributed by atoms with Crippen LogP contribution >= 0.6 is 11.6 Å². The summed E-state index contributed by atoms with van der Waals surface area (Å²) < 4.78 is 0. The van der Waals surface area contributed by atoms with Gasteiger partial charge in [0, 0.05) is 22.8 Å². The molecule has 5 nitrogen and oxygen atoms in total. The first-order valence-electron chi connectivity index (χ1n) is 9.42. The van der Waals surface area contributed by atoms with E-state index in [1.54, 1.807) is 53.7 Å². The molecule has 140 valence electrons. The Labute approximate surface area is 163 Å². The summed E-state index contributed by atoms with van der Waals surface area (Å²) in [5, 5.41) is 3.44. The maximum Gasteiger partial charge on any atom is 0.254 e. The molecular formula is C21H22ClN3O2. The summed E-state index contributed by atoms with van der Waals surface area (Å²) in [6.45, 7) is 0. The van der Waals surface area contributed by atoms with Crippen LogP contribution in [0, 0.1) is 5.92 Å². The molecular weight excluding hydrogens is 362 g/mol. The van der Waals surface area contributed by atoms with E-state index in [9.17, 15) is 9.59 Å². The molecule has 1 aromatic heterocycles. The number of fused-ring (bicyclic) bond motifs is 1. The van der Waals surface area contributed by atoms with Gasteiger partial charge in [0.2, 0.25) is 5.91 Å². The van der Waals surface area contributed by atoms with Crippen molar-refractivity contribution in [1.29, 1.82) is 0 Å². The Morgan fingerprint density at radius 2 is 2.00 bits per heavy atom. The average Bonchev–Trinajstić information content (AvgIpc) is 3.08. The van der Waals surface area contributed by atoms with E-state index >= 15 is 0 Å². The molecule has 3 atom stereocenters. The number of amides is 2. The third-order valence-electron chi connectivity index (χ3n) is 5.63. The Kier molecular flexibility index (Phi) is 5.12. The molecule has 1 saturated carbocycles. The van der Waals surface area contributed by atoms with Gasteiger partial charge in [0.25, 0.3) is 5.91 Å². The predicted octanol–water partition coefficient (Wildman–Crippen LogP) is 4.15. The van der Waals surface area contributed by atoms with Gasteiger partial charge in [0.05, 0.1) is 11.9 Å². The van der Waals surface area contributed by atoms with Crippen LogP contribution in [0.1, 0.15) is 42.5 Å². The van der Waals surface area contributed by atoms with Gasteiger partial charge >= 0.3 is 0 Å². The fourth-order valence-electron chi connectivity index (χ4n) is 4.42. The molecule has 1 aromatic carbocycles. The molecule has 2 amide bonds. The van der Waals surface area contributed by atoms with Crippen molar-refractivity contribution in [3.05, 3.63) is 59.4 Å². The van der Waals surface area contributed by atoms with E-state index in [1.807, 2.05) is 0 Å². The zero-order chi connectivity index (χ0) is 18.8. The van der Waals surface area contributed by atoms with Gasteiger partial charge in [-0.15, -0.1) is 0 Å². The predicted molar refractivity (Wildman–Crippen MR) is 105 cm³/mol. The van der Waals surface area contributed by atoms with Gasteiger partial charge in [-0.25, -0.2) is 0 Å². The van der Waals surface area contributed by atoms with Crippen LogP contribution in [0.3, 0.4) is 0 Å². The lowest BCUT2D eigenvalue weighted by Gasteiger charge is -2.33. The van der Waals surface area contributed by atoms with Crippen LogP contribution in [0.2, 0.25) is 5.02 Å². The number of halogens is 1. The molecule has 1 N–H and O–H groups in total. The Morgan fingerprint density at radius 3 is 2.78 bits per heavy atom. The van der Waals surface area contributed by atoms with Gasteiger partial charge in [0.1, 0.15) is 6.04 Å². The van der Waals surface area contributed by atoms with E-state index in [4.69, 9.17) is 11.6 Å². The number of nitrogens with zero attached hydrogens (tertiary/aromatic N) is 2. The summed E-state index contributed by atoms with van der Waals surface area (Å²) in [6, 6.07) is 10.2. The third-order valence-corrected chi connectivity index (χ3v) is 5.86. The lowest BCUT2D eigenvalue weighted by atomic mass is 9.84. The quantitative estimate of drug-likeness (QED) is 0.866. The number of hydrogen-bond donors (Lipinski definition) is 1. The van der Waals surface area contributed by atoms with Crippen molar-refractivity contribution < 1.29 is 9.59 Å². The maximum absolute atomic E-state index is 13.3. The van der Waals surface area contributed by atoms with Crippen molar-refractivity contribution in [2.75, 3.05) is 5.32 Å². The summed E-state index contributed by atoms with van der Waals surface area (Å²) in [5.41, 5.74) is 1.18. The monoisotopic (exact) mass is 383 g/mol. The van der Waals surface area contributed by atoms with E-state index in [1.165, 1.54) is 0 Å². The van der Waals surface area contributed by atoms with E-state index in [-0.39, 0.29) is 17.9 Å². The van der Waals surface area contributed by atoms with Crippen LogP contribution in [0.15, 0.2) is 48.8 Å². The molecule has 1 aliphatic carbocycles. The van der Waals surface area contributed by atoms with Crippen LogP contribution in [-0.2, 0) is 4.79 Å². The summed E-state index contributed by atoms with van der Waals surface area (Å²) in [7, 11) is 0. The second kappa shape index (κ2) is 7.69. The maximum atomic E-state index is 13.3. The number of likely N-dealkylation sites (tertiary alicyclic amines) is 1. The first kappa shape index (κ1) is 18.0. The lowest BCUT2D eigenvalue weighted by Crippen LogP contribution is -2.47.